The van der Waals surface area contributed by atoms with Crippen molar-refractivity contribution in [1.29, 1.82) is 0 Å². The Bertz CT molecular complexity index is 1240. The molecule has 0 unspecified atom stereocenters. The molecule has 1 heterocycles. The Balaban J connectivity index is 2.18. The highest BCUT2D eigenvalue weighted by atomic mass is 79.9. The Kier molecular flexibility index (Phi) is 7.51. The molecule has 0 spiro atoms. The molecule has 0 saturated heterocycles. The molecule has 0 aliphatic rings. The minimum atomic E-state index is -0.621. The van der Waals surface area contributed by atoms with Crippen molar-refractivity contribution in [2.45, 2.75) is 26.2 Å². The first-order chi connectivity index (χ1) is 14.7. The topological polar surface area (TPSA) is 99.6 Å². The fourth-order valence-electron chi connectivity index (χ4n) is 2.87. The molecule has 3 aromatic rings. The molecule has 1 aromatic heterocycles. The molecular formula is C21H19Br2ClN4O3. The van der Waals surface area contributed by atoms with Crippen molar-refractivity contribution >= 4 is 66.5 Å². The number of primary amides is 1. The van der Waals surface area contributed by atoms with Crippen molar-refractivity contribution in [3.63, 3.8) is 0 Å². The summed E-state index contributed by atoms with van der Waals surface area (Å²) in [5.41, 5.74) is 5.97. The predicted octanol–water partition coefficient (Wildman–Crippen LogP) is 4.83. The third-order valence-electron chi connectivity index (χ3n) is 4.59. The van der Waals surface area contributed by atoms with Gasteiger partial charge in [-0.3, -0.25) is 9.59 Å². The lowest BCUT2D eigenvalue weighted by Gasteiger charge is -2.14. The van der Waals surface area contributed by atoms with Crippen molar-refractivity contribution in [2.24, 2.45) is 10.8 Å². The molecule has 0 aliphatic carbocycles. The van der Waals surface area contributed by atoms with E-state index in [0.29, 0.717) is 37.5 Å². The number of carbonyl (C=O) groups excluding carboxylic acids is 1. The number of aromatic nitrogens is 2. The summed E-state index contributed by atoms with van der Waals surface area (Å²) in [4.78, 5) is 29.1. The molecule has 31 heavy (non-hydrogen) atoms. The lowest BCUT2D eigenvalue weighted by molar-refractivity contribution is -0.119. The molecular weight excluding hydrogens is 552 g/mol. The highest BCUT2D eigenvalue weighted by Crippen LogP contribution is 2.32. The molecule has 0 radical (unpaired) electrons. The zero-order chi connectivity index (χ0) is 22.7. The van der Waals surface area contributed by atoms with Crippen LogP contribution in [0.1, 0.15) is 37.6 Å². The van der Waals surface area contributed by atoms with E-state index >= 15 is 0 Å². The summed E-state index contributed by atoms with van der Waals surface area (Å²) in [6.07, 6.45) is 2.23. The smallest absolute Gasteiger partial charge is 0.282 e. The average molecular weight is 571 g/mol. The number of rotatable bonds is 7. The number of benzene rings is 2. The molecule has 3 rings (SSSR count). The molecule has 1 atom stereocenters. The summed E-state index contributed by atoms with van der Waals surface area (Å²) < 4.78 is 8.09. The van der Waals surface area contributed by atoms with Gasteiger partial charge in [-0.1, -0.05) is 41.4 Å². The van der Waals surface area contributed by atoms with Gasteiger partial charge >= 0.3 is 0 Å². The summed E-state index contributed by atoms with van der Waals surface area (Å²) in [5, 5.41) is 5.29. The van der Waals surface area contributed by atoms with Crippen LogP contribution in [0.15, 0.2) is 49.2 Å². The van der Waals surface area contributed by atoms with Gasteiger partial charge in [0.25, 0.3) is 11.5 Å². The molecule has 10 heteroatoms. The Morgan fingerprint density at radius 3 is 2.77 bits per heavy atom. The quantitative estimate of drug-likeness (QED) is 0.411. The van der Waals surface area contributed by atoms with E-state index < -0.39 is 5.91 Å². The fraction of sp³-hybridized carbons (Fsp3) is 0.238. The molecule has 0 bridgehead atoms. The first-order valence-corrected chi connectivity index (χ1v) is 11.3. The Morgan fingerprint density at radius 1 is 1.35 bits per heavy atom. The minimum absolute atomic E-state index is 0.00502. The van der Waals surface area contributed by atoms with Crippen LogP contribution in [0.4, 0.5) is 0 Å². The first-order valence-electron chi connectivity index (χ1n) is 9.38. The van der Waals surface area contributed by atoms with Crippen LogP contribution in [-0.2, 0) is 4.79 Å². The van der Waals surface area contributed by atoms with Crippen LogP contribution >= 0.6 is 43.5 Å². The van der Waals surface area contributed by atoms with E-state index in [1.54, 1.807) is 24.3 Å². The number of nitrogens with two attached hydrogens (primary N) is 1. The van der Waals surface area contributed by atoms with Gasteiger partial charge in [-0.25, -0.2) is 4.98 Å². The normalized spacial score (nSPS) is 12.4. The van der Waals surface area contributed by atoms with E-state index in [2.05, 4.69) is 41.9 Å². The van der Waals surface area contributed by atoms with Gasteiger partial charge in [-0.15, -0.1) is 0 Å². The minimum Gasteiger partial charge on any atom is -0.482 e. The van der Waals surface area contributed by atoms with E-state index in [1.807, 2.05) is 19.9 Å². The summed E-state index contributed by atoms with van der Waals surface area (Å²) >= 11 is 12.9. The third kappa shape index (κ3) is 5.34. The van der Waals surface area contributed by atoms with Gasteiger partial charge in [-0.05, 0) is 52.7 Å². The summed E-state index contributed by atoms with van der Waals surface area (Å²) in [6, 6.07) is 8.60. The van der Waals surface area contributed by atoms with E-state index in [-0.39, 0.29) is 18.1 Å². The van der Waals surface area contributed by atoms with Gasteiger partial charge in [0.2, 0.25) is 0 Å². The first kappa shape index (κ1) is 23.4. The van der Waals surface area contributed by atoms with Gasteiger partial charge in [0, 0.05) is 21.0 Å². The maximum atomic E-state index is 13.2. The lowest BCUT2D eigenvalue weighted by atomic mass is 10.1. The van der Waals surface area contributed by atoms with Crippen molar-refractivity contribution in [1.82, 2.24) is 9.66 Å². The number of hydrogen-bond donors (Lipinski definition) is 1. The van der Waals surface area contributed by atoms with Gasteiger partial charge in [0.15, 0.2) is 6.61 Å². The molecule has 1 amide bonds. The standard InChI is InChI=1S/C21H19Br2ClN4O3/c1-3-11(2)20-27-17-5-4-13(22)7-15(17)21(30)28(20)26-9-12-6-14(24)8-16(23)19(12)31-10-18(25)29/h4-9,11H,3,10H2,1-2H3,(H2,25,29)/t11-/m0/s1. The molecule has 0 aliphatic heterocycles. The van der Waals surface area contributed by atoms with Crippen molar-refractivity contribution in [3.05, 3.63) is 66.0 Å². The molecule has 2 N–H and O–H groups in total. The number of halogens is 3. The summed E-state index contributed by atoms with van der Waals surface area (Å²) in [7, 11) is 0. The zero-order valence-corrected chi connectivity index (χ0v) is 20.7. The summed E-state index contributed by atoms with van der Waals surface area (Å²) in [5.74, 6) is 0.250. The fourth-order valence-corrected chi connectivity index (χ4v) is 4.18. The second-order valence-electron chi connectivity index (χ2n) is 6.86. The Labute approximate surface area is 200 Å². The monoisotopic (exact) mass is 568 g/mol. The number of ether oxygens (including phenoxy) is 1. The number of nitrogens with zero attached hydrogens (tertiary/aromatic N) is 3. The highest BCUT2D eigenvalue weighted by molar-refractivity contribution is 9.10. The number of carbonyl (C=O) groups is 1. The van der Waals surface area contributed by atoms with E-state index in [0.717, 1.165) is 10.9 Å². The van der Waals surface area contributed by atoms with Gasteiger partial charge in [-0.2, -0.15) is 9.78 Å². The molecule has 0 saturated carbocycles. The maximum Gasteiger partial charge on any atom is 0.282 e. The van der Waals surface area contributed by atoms with Crippen molar-refractivity contribution in [2.75, 3.05) is 6.61 Å². The van der Waals surface area contributed by atoms with Gasteiger partial charge < -0.3 is 10.5 Å². The SMILES string of the molecule is CC[C@H](C)c1nc2ccc(Br)cc2c(=O)n1N=Cc1cc(Cl)cc(Br)c1OCC(N)=O. The highest BCUT2D eigenvalue weighted by Gasteiger charge is 2.16. The number of hydrogen-bond acceptors (Lipinski definition) is 5. The molecule has 2 aromatic carbocycles. The van der Waals surface area contributed by atoms with E-state index in [9.17, 15) is 9.59 Å². The Morgan fingerprint density at radius 2 is 2.10 bits per heavy atom. The maximum absolute atomic E-state index is 13.2. The largest absolute Gasteiger partial charge is 0.482 e. The van der Waals surface area contributed by atoms with Crippen molar-refractivity contribution in [3.8, 4) is 5.75 Å². The van der Waals surface area contributed by atoms with Gasteiger partial charge in [0.1, 0.15) is 11.6 Å². The zero-order valence-electron chi connectivity index (χ0n) is 16.7. The molecule has 7 nitrogen and oxygen atoms in total. The van der Waals surface area contributed by atoms with E-state index in [4.69, 9.17) is 22.1 Å². The summed E-state index contributed by atoms with van der Waals surface area (Å²) in [6.45, 7) is 3.68. The second kappa shape index (κ2) is 9.93. The van der Waals surface area contributed by atoms with Crippen LogP contribution in [0.25, 0.3) is 10.9 Å². The van der Waals surface area contributed by atoms with Gasteiger partial charge in [0.05, 0.1) is 21.6 Å². The van der Waals surface area contributed by atoms with Crippen LogP contribution in [0.5, 0.6) is 5.75 Å². The second-order valence-corrected chi connectivity index (χ2v) is 9.07. The third-order valence-corrected chi connectivity index (χ3v) is 5.90. The van der Waals surface area contributed by atoms with Crippen LogP contribution in [0.3, 0.4) is 0 Å². The Hall–Kier alpha value is -2.23. The van der Waals surface area contributed by atoms with Crippen LogP contribution in [0, 0.1) is 0 Å². The predicted molar refractivity (Wildman–Crippen MR) is 129 cm³/mol. The molecule has 0 fully saturated rings. The van der Waals surface area contributed by atoms with Crippen LogP contribution < -0.4 is 16.0 Å². The lowest BCUT2D eigenvalue weighted by Crippen LogP contribution is -2.24. The number of amides is 1. The molecule has 162 valence electrons. The van der Waals surface area contributed by atoms with Crippen LogP contribution in [-0.4, -0.2) is 28.4 Å². The average Bonchev–Trinajstić information content (AvgIpc) is 2.71. The van der Waals surface area contributed by atoms with Crippen molar-refractivity contribution < 1.29 is 9.53 Å². The van der Waals surface area contributed by atoms with E-state index in [1.165, 1.54) is 10.9 Å². The number of fused-ring (bicyclic) bond motifs is 1. The van der Waals surface area contributed by atoms with Crippen LogP contribution in [0.2, 0.25) is 5.02 Å².